The van der Waals surface area contributed by atoms with Gasteiger partial charge in [0.2, 0.25) is 15.5 Å². The molecule has 0 saturated heterocycles. The van der Waals surface area contributed by atoms with E-state index in [4.69, 9.17) is 17.1 Å². The van der Waals surface area contributed by atoms with Crippen LogP contribution in [0.25, 0.3) is 10.4 Å². The van der Waals surface area contributed by atoms with Gasteiger partial charge in [0.05, 0.1) is 4.86 Å². The number of nitrogens with zero attached hydrogens (tertiary/aromatic N) is 3. The lowest BCUT2D eigenvalue weighted by atomic mass is 10.0. The van der Waals surface area contributed by atoms with Gasteiger partial charge in [0.15, 0.2) is 0 Å². The zero-order valence-corrected chi connectivity index (χ0v) is 8.73. The van der Waals surface area contributed by atoms with Gasteiger partial charge < -0.3 is 0 Å². The Kier molecular flexibility index (Phi) is 3.68. The van der Waals surface area contributed by atoms with Crippen LogP contribution in [0.2, 0.25) is 0 Å². The van der Waals surface area contributed by atoms with Crippen LogP contribution in [0.4, 0.5) is 0 Å². The van der Waals surface area contributed by atoms with Gasteiger partial charge in [-0.3, -0.25) is 4.79 Å². The summed E-state index contributed by atoms with van der Waals surface area (Å²) in [6, 6.07) is -1.18. The highest BCUT2D eigenvalue weighted by Crippen LogP contribution is 2.17. The van der Waals surface area contributed by atoms with E-state index in [9.17, 15) is 13.2 Å². The molecule has 1 unspecified atom stereocenters. The highest BCUT2D eigenvalue weighted by Gasteiger charge is 2.25. The minimum absolute atomic E-state index is 0.0591. The summed E-state index contributed by atoms with van der Waals surface area (Å²) >= 11 is 5.22. The SMILES string of the molecule is [N-]=[N+]=NC1C(C(=O)Cl)=CC=CC1=S(=O)=O. The molecule has 0 saturated carbocycles. The molecule has 8 heteroatoms. The van der Waals surface area contributed by atoms with Crippen LogP contribution >= 0.6 is 11.6 Å². The van der Waals surface area contributed by atoms with Crippen LogP contribution in [0.5, 0.6) is 0 Å². The maximum atomic E-state index is 10.9. The lowest BCUT2D eigenvalue weighted by molar-refractivity contribution is -0.108. The average molecular weight is 246 g/mol. The molecule has 0 heterocycles. The van der Waals surface area contributed by atoms with Crippen LogP contribution in [-0.4, -0.2) is 24.6 Å². The van der Waals surface area contributed by atoms with Crippen molar-refractivity contribution in [2.75, 3.05) is 0 Å². The van der Waals surface area contributed by atoms with Crippen LogP contribution in [0.15, 0.2) is 28.9 Å². The van der Waals surface area contributed by atoms with Crippen molar-refractivity contribution in [3.05, 3.63) is 34.2 Å². The van der Waals surface area contributed by atoms with Gasteiger partial charge in [-0.1, -0.05) is 17.3 Å². The Morgan fingerprint density at radius 2 is 2.27 bits per heavy atom. The molecule has 0 bridgehead atoms. The number of azide groups is 1. The summed E-state index contributed by atoms with van der Waals surface area (Å²) in [5.41, 5.74) is 8.20. The molecule has 1 atom stereocenters. The third kappa shape index (κ3) is 2.47. The fourth-order valence-electron chi connectivity index (χ4n) is 1.07. The molecule has 0 aromatic heterocycles. The minimum Gasteiger partial charge on any atom is -0.276 e. The minimum atomic E-state index is -2.56. The number of rotatable bonds is 2. The molecule has 0 amide bonds. The molecule has 6 nitrogen and oxygen atoms in total. The number of allylic oxidation sites excluding steroid dienone is 2. The fraction of sp³-hybridized carbons (Fsp3) is 0.143. The number of carbonyl (C=O) groups is 1. The van der Waals surface area contributed by atoms with Crippen LogP contribution in [-0.2, 0) is 15.1 Å². The molecule has 0 N–H and O–H groups in total. The summed E-state index contributed by atoms with van der Waals surface area (Å²) in [5.74, 6) is 0. The topological polar surface area (TPSA) is 100.0 Å². The van der Waals surface area contributed by atoms with E-state index in [0.29, 0.717) is 0 Å². The smallest absolute Gasteiger partial charge is 0.249 e. The molecular formula is C7H4ClN3O3S. The Labute approximate surface area is 91.0 Å². The van der Waals surface area contributed by atoms with Gasteiger partial charge in [0, 0.05) is 10.5 Å². The second kappa shape index (κ2) is 4.79. The van der Waals surface area contributed by atoms with E-state index >= 15 is 0 Å². The van der Waals surface area contributed by atoms with Crippen LogP contribution < -0.4 is 0 Å². The molecule has 0 aliphatic heterocycles. The van der Waals surface area contributed by atoms with E-state index in [0.717, 1.165) is 0 Å². The van der Waals surface area contributed by atoms with E-state index < -0.39 is 21.6 Å². The van der Waals surface area contributed by atoms with Crippen molar-refractivity contribution in [2.45, 2.75) is 6.04 Å². The van der Waals surface area contributed by atoms with Gasteiger partial charge in [-0.05, 0) is 23.2 Å². The van der Waals surface area contributed by atoms with E-state index in [1.54, 1.807) is 0 Å². The van der Waals surface area contributed by atoms with Gasteiger partial charge in [0.1, 0.15) is 6.04 Å². The third-order valence-corrected chi connectivity index (χ3v) is 2.65. The first-order chi connectivity index (χ1) is 7.07. The largest absolute Gasteiger partial charge is 0.276 e. The first-order valence-corrected chi connectivity index (χ1v) is 5.11. The molecular weight excluding hydrogens is 242 g/mol. The Hall–Kier alpha value is -1.56. The Balaban J connectivity index is 3.39. The standard InChI is InChI=1S/C7H4ClN3O3S/c8-7(12)4-2-1-3-5(15(13)14)6(4)10-11-9/h1-3,6H. The molecule has 1 aliphatic carbocycles. The molecule has 0 aromatic rings. The molecule has 1 aliphatic rings. The molecule has 78 valence electrons. The van der Waals surface area contributed by atoms with E-state index in [-0.39, 0.29) is 10.4 Å². The van der Waals surface area contributed by atoms with Crippen molar-refractivity contribution >= 4 is 32.0 Å². The highest BCUT2D eigenvalue weighted by atomic mass is 35.5. The summed E-state index contributed by atoms with van der Waals surface area (Å²) in [6.45, 7) is 0. The van der Waals surface area contributed by atoms with Crippen LogP contribution in [0.1, 0.15) is 0 Å². The second-order valence-electron chi connectivity index (χ2n) is 2.50. The quantitative estimate of drug-likeness (QED) is 0.238. The normalized spacial score (nSPS) is 19.1. The number of hydrogen-bond donors (Lipinski definition) is 0. The predicted octanol–water partition coefficient (Wildman–Crippen LogP) is 0.978. The Morgan fingerprint density at radius 3 is 2.73 bits per heavy atom. The summed E-state index contributed by atoms with van der Waals surface area (Å²) in [4.78, 5) is 13.2. The lowest BCUT2D eigenvalue weighted by Crippen LogP contribution is -2.24. The second-order valence-corrected chi connectivity index (χ2v) is 3.78. The van der Waals surface area contributed by atoms with Gasteiger partial charge in [-0.15, -0.1) is 0 Å². The van der Waals surface area contributed by atoms with Crippen LogP contribution in [0.3, 0.4) is 0 Å². The Morgan fingerprint density at radius 1 is 1.60 bits per heavy atom. The average Bonchev–Trinajstić information content (AvgIpc) is 2.17. The van der Waals surface area contributed by atoms with Gasteiger partial charge in [-0.25, -0.2) is 0 Å². The number of carbonyl (C=O) groups excluding carboxylic acids is 1. The summed E-state index contributed by atoms with van der Waals surface area (Å²) in [5, 5.41) is 2.37. The monoisotopic (exact) mass is 245 g/mol. The van der Waals surface area contributed by atoms with Crippen molar-refractivity contribution in [1.29, 1.82) is 0 Å². The lowest BCUT2D eigenvalue weighted by Gasteiger charge is -2.12. The van der Waals surface area contributed by atoms with Gasteiger partial charge >= 0.3 is 0 Å². The van der Waals surface area contributed by atoms with Gasteiger partial charge in [0.25, 0.3) is 0 Å². The molecule has 0 fully saturated rings. The van der Waals surface area contributed by atoms with E-state index in [1.165, 1.54) is 18.2 Å². The van der Waals surface area contributed by atoms with Gasteiger partial charge in [-0.2, -0.15) is 8.42 Å². The van der Waals surface area contributed by atoms with Crippen molar-refractivity contribution < 1.29 is 13.2 Å². The summed E-state index contributed by atoms with van der Waals surface area (Å²) < 4.78 is 21.5. The maximum Gasteiger partial charge on any atom is 0.249 e. The third-order valence-electron chi connectivity index (χ3n) is 1.69. The summed E-state index contributed by atoms with van der Waals surface area (Å²) in [7, 11) is -2.56. The predicted molar refractivity (Wildman–Crippen MR) is 54.9 cm³/mol. The Bertz CT molecular complexity index is 532. The molecule has 0 radical (unpaired) electrons. The van der Waals surface area contributed by atoms with E-state index in [2.05, 4.69) is 10.0 Å². The molecule has 1 rings (SSSR count). The molecule has 0 aromatic carbocycles. The fourth-order valence-corrected chi connectivity index (χ4v) is 1.79. The zero-order valence-electron chi connectivity index (χ0n) is 7.16. The van der Waals surface area contributed by atoms with E-state index in [1.807, 2.05) is 0 Å². The highest BCUT2D eigenvalue weighted by molar-refractivity contribution is 7.73. The number of halogens is 1. The summed E-state index contributed by atoms with van der Waals surface area (Å²) in [6.07, 6.45) is 3.90. The number of hydrogen-bond acceptors (Lipinski definition) is 4. The first-order valence-electron chi connectivity index (χ1n) is 3.66. The zero-order chi connectivity index (χ0) is 11.4. The van der Waals surface area contributed by atoms with Crippen molar-refractivity contribution in [1.82, 2.24) is 0 Å². The van der Waals surface area contributed by atoms with Crippen molar-refractivity contribution in [3.8, 4) is 0 Å². The van der Waals surface area contributed by atoms with Crippen LogP contribution in [0, 0.1) is 0 Å². The maximum absolute atomic E-state index is 10.9. The molecule has 15 heavy (non-hydrogen) atoms. The van der Waals surface area contributed by atoms with Crippen molar-refractivity contribution in [2.24, 2.45) is 5.11 Å². The molecule has 0 spiro atoms. The first kappa shape index (κ1) is 11.5. The van der Waals surface area contributed by atoms with Crippen molar-refractivity contribution in [3.63, 3.8) is 0 Å².